The zero-order valence-electron chi connectivity index (χ0n) is 12.6. The second-order valence-electron chi connectivity index (χ2n) is 5.23. The first-order valence-electron chi connectivity index (χ1n) is 7.15. The number of hydrogen-bond donors (Lipinski definition) is 2. The summed E-state index contributed by atoms with van der Waals surface area (Å²) >= 11 is 5.82. The lowest BCUT2D eigenvalue weighted by atomic mass is 10.0. The molecule has 0 atom stereocenters. The molecule has 3 nitrogen and oxygen atoms in total. The molecule has 4 heteroatoms. The van der Waals surface area contributed by atoms with E-state index in [-0.39, 0.29) is 6.03 Å². The van der Waals surface area contributed by atoms with Gasteiger partial charge in [0.2, 0.25) is 0 Å². The van der Waals surface area contributed by atoms with Gasteiger partial charge in [-0.15, -0.1) is 0 Å². The Labute approximate surface area is 136 Å². The number of hydrogen-bond acceptors (Lipinski definition) is 1. The molecule has 2 aromatic carbocycles. The van der Waals surface area contributed by atoms with Crippen molar-refractivity contribution in [3.05, 3.63) is 70.9 Å². The fraction of sp³-hybridized carbons (Fsp3) is 0.167. The maximum atomic E-state index is 11.9. The highest BCUT2D eigenvalue weighted by Crippen LogP contribution is 2.23. The molecule has 0 heterocycles. The molecule has 0 spiro atoms. The van der Waals surface area contributed by atoms with Crippen LogP contribution in [0.3, 0.4) is 0 Å². The summed E-state index contributed by atoms with van der Waals surface area (Å²) < 4.78 is 0. The van der Waals surface area contributed by atoms with E-state index >= 15 is 0 Å². The summed E-state index contributed by atoms with van der Waals surface area (Å²) in [7, 11) is 0. The molecule has 2 N–H and O–H groups in total. The minimum Gasteiger partial charge on any atom is -0.314 e. The smallest absolute Gasteiger partial charge is 0.314 e. The van der Waals surface area contributed by atoms with Crippen molar-refractivity contribution in [1.29, 1.82) is 0 Å². The number of carbonyl (C=O) groups excluding carboxylic acids is 1. The molecule has 114 valence electrons. The Balaban J connectivity index is 1.95. The minimum absolute atomic E-state index is 0.265. The number of urea groups is 1. The minimum atomic E-state index is -0.265. The fourth-order valence-electron chi connectivity index (χ4n) is 2.06. The highest BCUT2D eigenvalue weighted by Gasteiger charge is 2.07. The van der Waals surface area contributed by atoms with Gasteiger partial charge in [-0.3, -0.25) is 0 Å². The van der Waals surface area contributed by atoms with E-state index < -0.39 is 0 Å². The van der Waals surface area contributed by atoms with Crippen LogP contribution >= 0.6 is 11.6 Å². The standard InChI is InChI=1S/C18H19ClN2O/c1-13(2)16-5-3-4-6-17(16)21-18(22)20-12-11-14-7-9-15(19)10-8-14/h3-13H,1-2H3,(H2,20,21,22)/b12-11+. The molecule has 0 saturated heterocycles. The van der Waals surface area contributed by atoms with E-state index in [0.717, 1.165) is 16.8 Å². The predicted molar refractivity (Wildman–Crippen MR) is 93.2 cm³/mol. The maximum Gasteiger partial charge on any atom is 0.323 e. The summed E-state index contributed by atoms with van der Waals surface area (Å²) in [5, 5.41) is 6.25. The molecular weight excluding hydrogens is 296 g/mol. The SMILES string of the molecule is CC(C)c1ccccc1NC(=O)N/C=C/c1ccc(Cl)cc1. The molecule has 22 heavy (non-hydrogen) atoms. The van der Waals surface area contributed by atoms with E-state index in [1.165, 1.54) is 0 Å². The first-order valence-corrected chi connectivity index (χ1v) is 7.52. The van der Waals surface area contributed by atoms with Gasteiger partial charge in [0.1, 0.15) is 0 Å². The lowest BCUT2D eigenvalue weighted by molar-refractivity contribution is 0.255. The molecule has 2 rings (SSSR count). The molecule has 0 aliphatic rings. The molecule has 0 aliphatic carbocycles. The zero-order chi connectivity index (χ0) is 15.9. The van der Waals surface area contributed by atoms with E-state index in [2.05, 4.69) is 24.5 Å². The van der Waals surface area contributed by atoms with Crippen LogP contribution in [0.4, 0.5) is 10.5 Å². The zero-order valence-corrected chi connectivity index (χ0v) is 13.4. The summed E-state index contributed by atoms with van der Waals surface area (Å²) in [4.78, 5) is 11.9. The van der Waals surface area contributed by atoms with Crippen LogP contribution in [0.25, 0.3) is 6.08 Å². The Morgan fingerprint density at radius 1 is 1.09 bits per heavy atom. The highest BCUT2D eigenvalue weighted by molar-refractivity contribution is 6.30. The molecule has 0 aliphatic heterocycles. The monoisotopic (exact) mass is 314 g/mol. The highest BCUT2D eigenvalue weighted by atomic mass is 35.5. The van der Waals surface area contributed by atoms with Crippen molar-refractivity contribution in [2.24, 2.45) is 0 Å². The van der Waals surface area contributed by atoms with Crippen molar-refractivity contribution in [3.8, 4) is 0 Å². The topological polar surface area (TPSA) is 41.1 Å². The quantitative estimate of drug-likeness (QED) is 0.794. The molecule has 0 aromatic heterocycles. The molecular formula is C18H19ClN2O. The number of nitrogens with one attached hydrogen (secondary N) is 2. The Hall–Kier alpha value is -2.26. The third-order valence-corrected chi connectivity index (χ3v) is 3.44. The van der Waals surface area contributed by atoms with Crippen LogP contribution in [0.1, 0.15) is 30.9 Å². The average Bonchev–Trinajstić information content (AvgIpc) is 2.49. The lowest BCUT2D eigenvalue weighted by Gasteiger charge is -2.13. The number of para-hydroxylation sites is 1. The van der Waals surface area contributed by atoms with Gasteiger partial charge >= 0.3 is 6.03 Å². The van der Waals surface area contributed by atoms with Crippen molar-refractivity contribution in [1.82, 2.24) is 5.32 Å². The summed E-state index contributed by atoms with van der Waals surface area (Å²) in [6.07, 6.45) is 3.42. The van der Waals surface area contributed by atoms with E-state index in [1.54, 1.807) is 18.3 Å². The fourth-order valence-corrected chi connectivity index (χ4v) is 2.19. The second kappa shape index (κ2) is 7.66. The third kappa shape index (κ3) is 4.64. The van der Waals surface area contributed by atoms with Gasteiger partial charge in [-0.1, -0.05) is 55.8 Å². The van der Waals surface area contributed by atoms with Gasteiger partial charge in [-0.25, -0.2) is 4.79 Å². The Bertz CT molecular complexity index is 663. The number of halogens is 1. The largest absolute Gasteiger partial charge is 0.323 e. The summed E-state index contributed by atoms with van der Waals surface area (Å²) in [5.41, 5.74) is 2.90. The molecule has 2 aromatic rings. The maximum absolute atomic E-state index is 11.9. The number of carbonyl (C=O) groups is 1. The summed E-state index contributed by atoms with van der Waals surface area (Å²) in [6.45, 7) is 4.19. The van der Waals surface area contributed by atoms with Gasteiger partial charge in [0.25, 0.3) is 0 Å². The normalized spacial score (nSPS) is 10.9. The molecule has 0 unspecified atom stereocenters. The molecule has 2 amide bonds. The van der Waals surface area contributed by atoms with Crippen LogP contribution in [-0.4, -0.2) is 6.03 Å². The van der Waals surface area contributed by atoms with Crippen LogP contribution in [0.15, 0.2) is 54.7 Å². The van der Waals surface area contributed by atoms with Crippen LogP contribution in [-0.2, 0) is 0 Å². The lowest BCUT2D eigenvalue weighted by Crippen LogP contribution is -2.24. The van der Waals surface area contributed by atoms with Gasteiger partial charge in [0.15, 0.2) is 0 Å². The van der Waals surface area contributed by atoms with Crippen LogP contribution in [0.2, 0.25) is 5.02 Å². The second-order valence-corrected chi connectivity index (χ2v) is 5.66. The van der Waals surface area contributed by atoms with Gasteiger partial charge in [-0.2, -0.15) is 0 Å². The van der Waals surface area contributed by atoms with E-state index in [4.69, 9.17) is 11.6 Å². The van der Waals surface area contributed by atoms with Gasteiger partial charge < -0.3 is 10.6 Å². The van der Waals surface area contributed by atoms with E-state index in [9.17, 15) is 4.79 Å². The number of benzene rings is 2. The molecule has 0 fully saturated rings. The van der Waals surface area contributed by atoms with Crippen molar-refractivity contribution in [2.45, 2.75) is 19.8 Å². The van der Waals surface area contributed by atoms with Crippen LogP contribution < -0.4 is 10.6 Å². The average molecular weight is 315 g/mol. The van der Waals surface area contributed by atoms with Gasteiger partial charge in [-0.05, 0) is 41.3 Å². The van der Waals surface area contributed by atoms with Crippen molar-refractivity contribution < 1.29 is 4.79 Å². The van der Waals surface area contributed by atoms with E-state index in [0.29, 0.717) is 10.9 Å². The van der Waals surface area contributed by atoms with Crippen molar-refractivity contribution in [3.63, 3.8) is 0 Å². The van der Waals surface area contributed by atoms with Gasteiger partial charge in [0.05, 0.1) is 0 Å². The van der Waals surface area contributed by atoms with Crippen molar-refractivity contribution >= 4 is 29.4 Å². The number of amides is 2. The Kier molecular flexibility index (Phi) is 5.61. The van der Waals surface area contributed by atoms with Crippen molar-refractivity contribution in [2.75, 3.05) is 5.32 Å². The Morgan fingerprint density at radius 2 is 1.77 bits per heavy atom. The Morgan fingerprint density at radius 3 is 2.45 bits per heavy atom. The molecule has 0 saturated carbocycles. The molecule has 0 radical (unpaired) electrons. The van der Waals surface area contributed by atoms with Crippen LogP contribution in [0, 0.1) is 0 Å². The predicted octanol–water partition coefficient (Wildman–Crippen LogP) is 5.26. The molecule has 0 bridgehead atoms. The first-order chi connectivity index (χ1) is 10.6. The summed E-state index contributed by atoms with van der Waals surface area (Å²) in [5.74, 6) is 0.348. The third-order valence-electron chi connectivity index (χ3n) is 3.19. The number of anilines is 1. The first kappa shape index (κ1) is 16.1. The van der Waals surface area contributed by atoms with Gasteiger partial charge in [0, 0.05) is 16.9 Å². The number of rotatable bonds is 4. The summed E-state index contributed by atoms with van der Waals surface area (Å²) in [6, 6.07) is 14.9. The van der Waals surface area contributed by atoms with Crippen LogP contribution in [0.5, 0.6) is 0 Å². The van der Waals surface area contributed by atoms with E-state index in [1.807, 2.05) is 42.5 Å².